The first-order valence-corrected chi connectivity index (χ1v) is 10.4. The minimum Gasteiger partial charge on any atom is -0.384 e. The van der Waals surface area contributed by atoms with E-state index >= 15 is 0 Å². The van der Waals surface area contributed by atoms with Crippen LogP contribution in [0.15, 0.2) is 77.9 Å². The SMILES string of the molecule is Nc1cc(Cn2c(C(=O)NS)c(-c3ccc[nH]c3=O)c3c4ccccc4ccc32)ccn1. The van der Waals surface area contributed by atoms with Gasteiger partial charge in [0.2, 0.25) is 0 Å². The van der Waals surface area contributed by atoms with Gasteiger partial charge in [-0.1, -0.05) is 43.1 Å². The van der Waals surface area contributed by atoms with Crippen molar-refractivity contribution in [1.29, 1.82) is 0 Å². The molecule has 0 spiro atoms. The van der Waals surface area contributed by atoms with Crippen LogP contribution in [0.25, 0.3) is 32.8 Å². The van der Waals surface area contributed by atoms with E-state index in [1.54, 1.807) is 30.6 Å². The molecule has 0 radical (unpaired) electrons. The zero-order valence-corrected chi connectivity index (χ0v) is 17.8. The third kappa shape index (κ3) is 3.21. The van der Waals surface area contributed by atoms with Gasteiger partial charge in [-0.15, -0.1) is 0 Å². The number of carbonyl (C=O) groups excluding carboxylic acids is 1. The Hall–Kier alpha value is -4.04. The first-order valence-electron chi connectivity index (χ1n) is 9.95. The molecular weight excluding hydrogens is 422 g/mol. The van der Waals surface area contributed by atoms with Crippen LogP contribution in [0.2, 0.25) is 0 Å². The van der Waals surface area contributed by atoms with Crippen LogP contribution in [0, 0.1) is 0 Å². The van der Waals surface area contributed by atoms with Gasteiger partial charge in [-0.25, -0.2) is 4.98 Å². The molecule has 0 saturated heterocycles. The van der Waals surface area contributed by atoms with Gasteiger partial charge in [0.25, 0.3) is 11.5 Å². The maximum Gasteiger partial charge on any atom is 0.278 e. The third-order valence-corrected chi connectivity index (χ3v) is 5.75. The highest BCUT2D eigenvalue weighted by molar-refractivity contribution is 7.78. The number of fused-ring (bicyclic) bond motifs is 3. The minimum absolute atomic E-state index is 0.277. The second-order valence-electron chi connectivity index (χ2n) is 7.43. The van der Waals surface area contributed by atoms with Crippen molar-refractivity contribution in [3.8, 4) is 11.1 Å². The quantitative estimate of drug-likeness (QED) is 0.319. The number of aromatic nitrogens is 3. The fourth-order valence-electron chi connectivity index (χ4n) is 4.23. The molecular formula is C24H19N5O2S. The molecule has 0 atom stereocenters. The summed E-state index contributed by atoms with van der Waals surface area (Å²) < 4.78 is 4.34. The summed E-state index contributed by atoms with van der Waals surface area (Å²) in [7, 11) is 0. The number of H-pyrrole nitrogens is 1. The molecule has 158 valence electrons. The lowest BCUT2D eigenvalue weighted by Gasteiger charge is -2.11. The molecule has 2 aromatic carbocycles. The summed E-state index contributed by atoms with van der Waals surface area (Å²) in [5.41, 5.74) is 8.63. The number of anilines is 1. The van der Waals surface area contributed by atoms with Crippen molar-refractivity contribution >= 4 is 46.2 Å². The van der Waals surface area contributed by atoms with Gasteiger partial charge in [0.15, 0.2) is 0 Å². The van der Waals surface area contributed by atoms with Crippen LogP contribution in [-0.2, 0) is 6.54 Å². The van der Waals surface area contributed by atoms with E-state index in [1.165, 1.54) is 0 Å². The summed E-state index contributed by atoms with van der Waals surface area (Å²) >= 11 is 4.03. The standard InChI is InChI=1S/C24H19N5O2S/c25-19-12-14(9-11-26-19)13-29-18-8-7-15-4-1-2-5-16(15)20(18)21(22(29)24(31)28-32)17-6-3-10-27-23(17)30/h1-12,32H,13H2,(H2,25,26)(H,27,30)(H,28,31). The molecule has 5 aromatic rings. The van der Waals surface area contributed by atoms with E-state index in [-0.39, 0.29) is 5.56 Å². The van der Waals surface area contributed by atoms with E-state index in [4.69, 9.17) is 5.73 Å². The van der Waals surface area contributed by atoms with Gasteiger partial charge in [0.1, 0.15) is 11.5 Å². The lowest BCUT2D eigenvalue weighted by Crippen LogP contribution is -2.20. The number of nitrogens with zero attached hydrogens (tertiary/aromatic N) is 2. The van der Waals surface area contributed by atoms with Crippen molar-refractivity contribution in [2.24, 2.45) is 0 Å². The maximum absolute atomic E-state index is 13.1. The zero-order valence-electron chi connectivity index (χ0n) is 16.9. The number of hydrogen-bond acceptors (Lipinski definition) is 5. The van der Waals surface area contributed by atoms with Gasteiger partial charge in [0.05, 0.1) is 5.52 Å². The van der Waals surface area contributed by atoms with E-state index in [2.05, 4.69) is 27.5 Å². The number of rotatable bonds is 4. The van der Waals surface area contributed by atoms with E-state index in [1.807, 2.05) is 47.0 Å². The Kier molecular flexibility index (Phi) is 4.91. The van der Waals surface area contributed by atoms with Gasteiger partial charge < -0.3 is 15.3 Å². The van der Waals surface area contributed by atoms with Crippen LogP contribution in [-0.4, -0.2) is 20.4 Å². The summed E-state index contributed by atoms with van der Waals surface area (Å²) in [6.45, 7) is 0.364. The zero-order chi connectivity index (χ0) is 22.2. The Morgan fingerprint density at radius 3 is 2.75 bits per heavy atom. The Morgan fingerprint density at radius 1 is 1.12 bits per heavy atom. The number of carbonyl (C=O) groups is 1. The van der Waals surface area contributed by atoms with Crippen LogP contribution in [0.1, 0.15) is 16.1 Å². The number of aromatic amines is 1. The van der Waals surface area contributed by atoms with Gasteiger partial charge in [0, 0.05) is 35.5 Å². The molecule has 7 nitrogen and oxygen atoms in total. The van der Waals surface area contributed by atoms with Crippen molar-refractivity contribution in [2.75, 3.05) is 5.73 Å². The largest absolute Gasteiger partial charge is 0.384 e. The number of nitrogens with one attached hydrogen (secondary N) is 2. The Labute approximate surface area is 188 Å². The molecule has 3 heterocycles. The molecule has 0 saturated carbocycles. The highest BCUT2D eigenvalue weighted by Gasteiger charge is 2.26. The summed E-state index contributed by atoms with van der Waals surface area (Å²) in [4.78, 5) is 32.8. The molecule has 3 aromatic heterocycles. The maximum atomic E-state index is 13.1. The monoisotopic (exact) mass is 441 g/mol. The van der Waals surface area contributed by atoms with E-state index in [0.29, 0.717) is 29.2 Å². The molecule has 0 aliphatic heterocycles. The molecule has 0 bridgehead atoms. The predicted octanol–water partition coefficient (Wildman–Crippen LogP) is 3.75. The molecule has 5 rings (SSSR count). The van der Waals surface area contributed by atoms with E-state index in [0.717, 1.165) is 27.2 Å². The fraction of sp³-hybridized carbons (Fsp3) is 0.0417. The first-order chi connectivity index (χ1) is 15.6. The van der Waals surface area contributed by atoms with Crippen LogP contribution in [0.5, 0.6) is 0 Å². The summed E-state index contributed by atoms with van der Waals surface area (Å²) in [5, 5.41) is 2.79. The van der Waals surface area contributed by atoms with Crippen molar-refractivity contribution in [3.63, 3.8) is 0 Å². The van der Waals surface area contributed by atoms with Crippen molar-refractivity contribution in [3.05, 3.63) is 94.7 Å². The molecule has 32 heavy (non-hydrogen) atoms. The number of thiol groups is 1. The fourth-order valence-corrected chi connectivity index (χ4v) is 4.34. The average Bonchev–Trinajstić information content (AvgIpc) is 3.13. The van der Waals surface area contributed by atoms with Crippen LogP contribution < -0.4 is 16.0 Å². The van der Waals surface area contributed by atoms with Gasteiger partial charge >= 0.3 is 0 Å². The summed E-state index contributed by atoms with van der Waals surface area (Å²) in [6.07, 6.45) is 3.20. The van der Waals surface area contributed by atoms with E-state index in [9.17, 15) is 9.59 Å². The number of amides is 1. The van der Waals surface area contributed by atoms with Gasteiger partial charge in [-0.3, -0.25) is 14.3 Å². The van der Waals surface area contributed by atoms with Crippen molar-refractivity contribution < 1.29 is 4.79 Å². The highest BCUT2D eigenvalue weighted by Crippen LogP contribution is 2.38. The first kappa shape index (κ1) is 19.9. The number of hydrogen-bond donors (Lipinski definition) is 4. The smallest absolute Gasteiger partial charge is 0.278 e. The third-order valence-electron chi connectivity index (χ3n) is 5.54. The Bertz CT molecular complexity index is 1550. The lowest BCUT2D eigenvalue weighted by molar-refractivity contribution is 0.0977. The molecule has 0 fully saturated rings. The van der Waals surface area contributed by atoms with Crippen molar-refractivity contribution in [1.82, 2.24) is 19.3 Å². The number of benzene rings is 2. The number of pyridine rings is 2. The lowest BCUT2D eigenvalue weighted by atomic mass is 9.98. The number of nitrogens with two attached hydrogens (primary N) is 1. The molecule has 0 unspecified atom stereocenters. The molecule has 4 N–H and O–H groups in total. The topological polar surface area (TPSA) is 106 Å². The van der Waals surface area contributed by atoms with Gasteiger partial charge in [-0.2, -0.15) is 0 Å². The molecule has 1 amide bonds. The van der Waals surface area contributed by atoms with Gasteiger partial charge in [-0.05, 0) is 46.7 Å². The normalized spacial score (nSPS) is 11.2. The van der Waals surface area contributed by atoms with E-state index < -0.39 is 5.91 Å². The summed E-state index contributed by atoms with van der Waals surface area (Å²) in [5.74, 6) is -0.0155. The molecule has 8 heteroatoms. The average molecular weight is 442 g/mol. The minimum atomic E-state index is -0.408. The van der Waals surface area contributed by atoms with Crippen LogP contribution >= 0.6 is 12.8 Å². The van der Waals surface area contributed by atoms with Crippen LogP contribution in [0.4, 0.5) is 5.82 Å². The Morgan fingerprint density at radius 2 is 1.97 bits per heavy atom. The Balaban J connectivity index is 1.95. The summed E-state index contributed by atoms with van der Waals surface area (Å²) in [6, 6.07) is 19.0. The highest BCUT2D eigenvalue weighted by atomic mass is 32.1. The molecule has 0 aliphatic rings. The second kappa shape index (κ2) is 7.90. The number of nitrogen functional groups attached to an aromatic ring is 1. The van der Waals surface area contributed by atoms with Crippen LogP contribution in [0.3, 0.4) is 0 Å². The predicted molar refractivity (Wildman–Crippen MR) is 130 cm³/mol. The second-order valence-corrected chi connectivity index (χ2v) is 7.66. The molecule has 0 aliphatic carbocycles. The van der Waals surface area contributed by atoms with Crippen molar-refractivity contribution in [2.45, 2.75) is 6.54 Å².